The first-order valence-electron chi connectivity index (χ1n) is 8.83. The van der Waals surface area contributed by atoms with Crippen LogP contribution in [0.2, 0.25) is 0 Å². The first-order valence-corrected chi connectivity index (χ1v) is 8.83. The predicted molar refractivity (Wildman–Crippen MR) is 92.2 cm³/mol. The molecular weight excluding hydrogens is 318 g/mol. The maximum absolute atomic E-state index is 12.4. The Hall–Kier alpha value is -2.50. The van der Waals surface area contributed by atoms with Crippen LogP contribution in [0.15, 0.2) is 41.3 Å². The Labute approximate surface area is 146 Å². The van der Waals surface area contributed by atoms with Crippen LogP contribution >= 0.6 is 0 Å². The van der Waals surface area contributed by atoms with Gasteiger partial charge >= 0.3 is 0 Å². The van der Waals surface area contributed by atoms with Crippen LogP contribution in [0, 0.1) is 5.41 Å². The number of carbonyl (C=O) groups is 2. The lowest BCUT2D eigenvalue weighted by Gasteiger charge is -2.54. The lowest BCUT2D eigenvalue weighted by molar-refractivity contribution is -0.00316. The van der Waals surface area contributed by atoms with Crippen LogP contribution in [0.1, 0.15) is 46.6 Å². The Bertz CT molecular complexity index is 770. The van der Waals surface area contributed by atoms with Crippen LogP contribution in [0.5, 0.6) is 0 Å². The average molecular weight is 341 g/mol. The first kappa shape index (κ1) is 16.0. The largest absolute Gasteiger partial charge is 0.459 e. The molecule has 6 nitrogen and oxygen atoms in total. The summed E-state index contributed by atoms with van der Waals surface area (Å²) in [6, 6.07) is 5.49. The van der Waals surface area contributed by atoms with E-state index in [-0.39, 0.29) is 23.3 Å². The molecule has 1 aliphatic heterocycles. The quantitative estimate of drug-likeness (QED) is 0.932. The highest BCUT2D eigenvalue weighted by atomic mass is 16.3. The van der Waals surface area contributed by atoms with Gasteiger partial charge in [-0.15, -0.1) is 0 Å². The fourth-order valence-electron chi connectivity index (χ4n) is 4.11. The third-order valence-electron chi connectivity index (χ3n) is 5.85. The van der Waals surface area contributed by atoms with Gasteiger partial charge in [0.1, 0.15) is 0 Å². The van der Waals surface area contributed by atoms with Crippen LogP contribution in [-0.4, -0.2) is 40.4 Å². The average Bonchev–Trinajstić information content (AvgIpc) is 3.30. The van der Waals surface area contributed by atoms with Gasteiger partial charge in [-0.25, -0.2) is 0 Å². The molecule has 2 aliphatic rings. The molecule has 0 aromatic carbocycles. The third kappa shape index (κ3) is 2.86. The number of hydrogen-bond donors (Lipinski definition) is 1. The van der Waals surface area contributed by atoms with Crippen molar-refractivity contribution in [1.82, 2.24) is 14.8 Å². The van der Waals surface area contributed by atoms with E-state index < -0.39 is 0 Å². The lowest BCUT2D eigenvalue weighted by Crippen LogP contribution is -2.59. The molecule has 2 fully saturated rings. The van der Waals surface area contributed by atoms with Crippen molar-refractivity contribution >= 4 is 11.8 Å². The highest BCUT2D eigenvalue weighted by molar-refractivity contribution is 5.94. The van der Waals surface area contributed by atoms with Gasteiger partial charge in [-0.05, 0) is 49.3 Å². The number of hydrogen-bond acceptors (Lipinski definition) is 3. The molecule has 1 aliphatic carbocycles. The summed E-state index contributed by atoms with van der Waals surface area (Å²) in [5.74, 6) is 0.362. The van der Waals surface area contributed by atoms with E-state index in [1.165, 1.54) is 6.26 Å². The molecule has 6 heteroatoms. The van der Waals surface area contributed by atoms with Crippen molar-refractivity contribution in [2.45, 2.75) is 31.7 Å². The lowest BCUT2D eigenvalue weighted by atomic mass is 9.59. The normalized spacial score (nSPS) is 21.8. The highest BCUT2D eigenvalue weighted by Gasteiger charge is 2.49. The van der Waals surface area contributed by atoms with E-state index in [1.54, 1.807) is 12.1 Å². The summed E-state index contributed by atoms with van der Waals surface area (Å²) in [5, 5.41) is 3.20. The molecule has 25 heavy (non-hydrogen) atoms. The summed E-state index contributed by atoms with van der Waals surface area (Å²) in [4.78, 5) is 26.7. The molecule has 1 N–H and O–H groups in total. The standard InChI is InChI=1S/C19H23N3O3/c1-21-9-5-14(13-21)17(23)20-16-4-6-19(16)7-10-22(11-8-19)18(24)15-3-2-12-25-15/h2-3,5,9,12-13,16H,4,6-8,10-11H2,1H3,(H,20,23)/t16-/m0/s1. The number of aromatic nitrogens is 1. The van der Waals surface area contributed by atoms with Crippen molar-refractivity contribution in [3.05, 3.63) is 48.2 Å². The van der Waals surface area contributed by atoms with Gasteiger partial charge in [0.05, 0.1) is 11.8 Å². The summed E-state index contributed by atoms with van der Waals surface area (Å²) in [7, 11) is 1.91. The zero-order chi connectivity index (χ0) is 17.4. The first-order chi connectivity index (χ1) is 12.1. The number of likely N-dealkylation sites (tertiary alicyclic amines) is 1. The van der Waals surface area contributed by atoms with Gasteiger partial charge in [-0.2, -0.15) is 0 Å². The van der Waals surface area contributed by atoms with Crippen molar-refractivity contribution in [1.29, 1.82) is 0 Å². The van der Waals surface area contributed by atoms with Crippen molar-refractivity contribution in [3.8, 4) is 0 Å². The zero-order valence-electron chi connectivity index (χ0n) is 14.4. The molecule has 4 rings (SSSR count). The van der Waals surface area contributed by atoms with Gasteiger partial charge in [0.25, 0.3) is 11.8 Å². The Balaban J connectivity index is 1.36. The molecule has 2 aromatic rings. The van der Waals surface area contributed by atoms with Crippen molar-refractivity contribution in [2.75, 3.05) is 13.1 Å². The second-order valence-electron chi connectivity index (χ2n) is 7.26. The molecule has 0 unspecified atom stereocenters. The summed E-state index contributed by atoms with van der Waals surface area (Å²) >= 11 is 0. The minimum atomic E-state index is -0.0379. The Morgan fingerprint density at radius 3 is 2.60 bits per heavy atom. The molecule has 2 amide bonds. The van der Waals surface area contributed by atoms with Crippen LogP contribution in [0.4, 0.5) is 0 Å². The molecule has 132 valence electrons. The summed E-state index contributed by atoms with van der Waals surface area (Å²) in [6.45, 7) is 1.44. The van der Waals surface area contributed by atoms with Crippen LogP contribution < -0.4 is 5.32 Å². The molecule has 2 aromatic heterocycles. The SMILES string of the molecule is Cn1ccc(C(=O)N[C@H]2CCC23CCN(C(=O)c2ccco2)CC3)c1. The third-order valence-corrected chi connectivity index (χ3v) is 5.85. The predicted octanol–water partition coefficient (Wildman–Crippen LogP) is 2.43. The van der Waals surface area contributed by atoms with E-state index in [0.717, 1.165) is 38.8 Å². The number of aryl methyl sites for hydroxylation is 1. The van der Waals surface area contributed by atoms with E-state index in [9.17, 15) is 9.59 Å². The van der Waals surface area contributed by atoms with E-state index in [4.69, 9.17) is 4.42 Å². The minimum Gasteiger partial charge on any atom is -0.459 e. The van der Waals surface area contributed by atoms with Gasteiger partial charge in [0.2, 0.25) is 0 Å². The van der Waals surface area contributed by atoms with E-state index in [0.29, 0.717) is 11.3 Å². The summed E-state index contributed by atoms with van der Waals surface area (Å²) in [6.07, 6.45) is 9.24. The topological polar surface area (TPSA) is 67.5 Å². The number of piperidine rings is 1. The number of amides is 2. The number of furan rings is 1. The van der Waals surface area contributed by atoms with Gasteiger partial charge in [-0.1, -0.05) is 0 Å². The Morgan fingerprint density at radius 1 is 1.24 bits per heavy atom. The summed E-state index contributed by atoms with van der Waals surface area (Å²) < 4.78 is 7.09. The van der Waals surface area contributed by atoms with Gasteiger partial charge < -0.3 is 19.2 Å². The minimum absolute atomic E-state index is 0.00114. The number of rotatable bonds is 3. The Morgan fingerprint density at radius 2 is 2.04 bits per heavy atom. The van der Waals surface area contributed by atoms with Crippen molar-refractivity contribution < 1.29 is 14.0 Å². The molecular formula is C19H23N3O3. The maximum Gasteiger partial charge on any atom is 0.289 e. The van der Waals surface area contributed by atoms with E-state index in [2.05, 4.69) is 5.32 Å². The molecule has 1 saturated carbocycles. The second kappa shape index (κ2) is 6.10. The zero-order valence-corrected chi connectivity index (χ0v) is 14.4. The van der Waals surface area contributed by atoms with Gasteiger partial charge in [0, 0.05) is 38.6 Å². The number of carbonyl (C=O) groups excluding carboxylic acids is 2. The molecule has 1 atom stereocenters. The van der Waals surface area contributed by atoms with E-state index in [1.807, 2.05) is 35.0 Å². The molecule has 0 radical (unpaired) electrons. The number of nitrogens with one attached hydrogen (secondary N) is 1. The van der Waals surface area contributed by atoms with Crippen LogP contribution in [0.3, 0.4) is 0 Å². The second-order valence-corrected chi connectivity index (χ2v) is 7.26. The molecule has 0 bridgehead atoms. The molecule has 1 saturated heterocycles. The molecule has 1 spiro atoms. The van der Waals surface area contributed by atoms with Gasteiger partial charge in [-0.3, -0.25) is 9.59 Å². The smallest absolute Gasteiger partial charge is 0.289 e. The van der Waals surface area contributed by atoms with Gasteiger partial charge in [0.15, 0.2) is 5.76 Å². The van der Waals surface area contributed by atoms with Crippen molar-refractivity contribution in [2.24, 2.45) is 12.5 Å². The summed E-state index contributed by atoms with van der Waals surface area (Å²) in [5.41, 5.74) is 0.847. The van der Waals surface area contributed by atoms with Crippen LogP contribution in [0.25, 0.3) is 0 Å². The molecule has 3 heterocycles. The van der Waals surface area contributed by atoms with E-state index >= 15 is 0 Å². The van der Waals surface area contributed by atoms with Crippen molar-refractivity contribution in [3.63, 3.8) is 0 Å². The fraction of sp³-hybridized carbons (Fsp3) is 0.474. The maximum atomic E-state index is 12.4. The van der Waals surface area contributed by atoms with Crippen LogP contribution in [-0.2, 0) is 7.05 Å². The highest BCUT2D eigenvalue weighted by Crippen LogP contribution is 2.49. The number of nitrogens with zero attached hydrogens (tertiary/aromatic N) is 2. The Kier molecular flexibility index (Phi) is 3.90. The fourth-order valence-corrected chi connectivity index (χ4v) is 4.11. The monoisotopic (exact) mass is 341 g/mol.